The van der Waals surface area contributed by atoms with Gasteiger partial charge in [0.2, 0.25) is 0 Å². The average molecular weight is 272 g/mol. The van der Waals surface area contributed by atoms with Crippen LogP contribution in [-0.2, 0) is 23.3 Å². The van der Waals surface area contributed by atoms with Crippen LogP contribution in [0.15, 0.2) is 28.7 Å². The fraction of sp³-hybridized carbons (Fsp3) is 0.143. The second-order valence-corrected chi connectivity index (χ2v) is 3.74. The van der Waals surface area contributed by atoms with Crippen molar-refractivity contribution >= 4 is 28.3 Å². The predicted molar refractivity (Wildman–Crippen MR) is 45.1 cm³/mol. The molecule has 0 saturated heterocycles. The van der Waals surface area contributed by atoms with E-state index in [0.29, 0.717) is 0 Å². The fourth-order valence-electron chi connectivity index (χ4n) is 0.701. The first-order chi connectivity index (χ1) is 4.34. The first kappa shape index (κ1) is 10.6. The topological polar surface area (TPSA) is 0 Å². The first-order valence-electron chi connectivity index (χ1n) is 2.87. The second-order valence-electron chi connectivity index (χ2n) is 1.84. The van der Waals surface area contributed by atoms with Gasteiger partial charge in [0.05, 0.1) is 0 Å². The molecule has 0 radical (unpaired) electrons. The van der Waals surface area contributed by atoms with E-state index in [1.54, 1.807) is 0 Å². The van der Waals surface area contributed by atoms with Crippen molar-refractivity contribution in [3.63, 3.8) is 0 Å². The van der Waals surface area contributed by atoms with Crippen molar-refractivity contribution in [2.24, 2.45) is 0 Å². The first-order valence-corrected chi connectivity index (χ1v) is 5.76. The Bertz CT molecular complexity index is 203. The molecule has 0 N–H and O–H groups in total. The van der Waals surface area contributed by atoms with Gasteiger partial charge in [0.1, 0.15) is 0 Å². The maximum atomic E-state index is 3.48. The van der Waals surface area contributed by atoms with E-state index in [9.17, 15) is 0 Å². The van der Waals surface area contributed by atoms with Crippen LogP contribution >= 0.6 is 28.3 Å². The van der Waals surface area contributed by atoms with Gasteiger partial charge < -0.3 is 0 Å². The third-order valence-corrected chi connectivity index (χ3v) is 3.13. The zero-order valence-corrected chi connectivity index (χ0v) is 10.9. The van der Waals surface area contributed by atoms with Gasteiger partial charge in [-0.2, -0.15) is 0 Å². The van der Waals surface area contributed by atoms with E-state index in [0.717, 1.165) is 0 Å². The third-order valence-electron chi connectivity index (χ3n) is 1.23. The molecule has 0 aromatic heterocycles. The molecule has 0 unspecified atom stereocenters. The third kappa shape index (κ3) is 2.69. The summed E-state index contributed by atoms with van der Waals surface area (Å²) < 4.78 is 1.25. The molecule has 1 aromatic rings. The van der Waals surface area contributed by atoms with E-state index >= 15 is 0 Å². The Morgan fingerprint density at radius 3 is 2.30 bits per heavy atom. The van der Waals surface area contributed by atoms with Crippen molar-refractivity contribution in [2.75, 3.05) is 0 Å². The van der Waals surface area contributed by atoms with Gasteiger partial charge in [-0.05, 0) is 0 Å². The van der Waals surface area contributed by atoms with Crippen LogP contribution in [0.2, 0.25) is 0 Å². The van der Waals surface area contributed by atoms with Crippen LogP contribution in [-0.4, -0.2) is 0 Å². The molecule has 0 heterocycles. The summed E-state index contributed by atoms with van der Waals surface area (Å²) in [6.07, 6.45) is 0. The quantitative estimate of drug-likeness (QED) is 0.689. The van der Waals surface area contributed by atoms with Gasteiger partial charge in [0.25, 0.3) is 0 Å². The molecule has 0 aliphatic carbocycles. The predicted octanol–water partition coefficient (Wildman–Crippen LogP) is 2.92. The molecule has 0 bridgehead atoms. The molecule has 0 aliphatic rings. The Balaban J connectivity index is 0.000000810. The summed E-state index contributed by atoms with van der Waals surface area (Å²) in [7, 11) is 0. The van der Waals surface area contributed by atoms with Crippen LogP contribution in [0.5, 0.6) is 0 Å². The Kier molecular flexibility index (Phi) is 5.61. The van der Waals surface area contributed by atoms with Crippen LogP contribution in [0.1, 0.15) is 5.56 Å². The Labute approximate surface area is 85.6 Å². The van der Waals surface area contributed by atoms with Crippen molar-refractivity contribution in [1.29, 1.82) is 0 Å². The minimum atomic E-state index is 0. The van der Waals surface area contributed by atoms with Crippen molar-refractivity contribution < 1.29 is 18.3 Å². The minimum absolute atomic E-state index is 0. The molecule has 10 heavy (non-hydrogen) atoms. The normalized spacial score (nSPS) is 8.70. The van der Waals surface area contributed by atoms with Gasteiger partial charge in [-0.15, -0.1) is 12.4 Å². The zero-order chi connectivity index (χ0) is 6.69. The van der Waals surface area contributed by atoms with E-state index in [1.165, 1.54) is 33.4 Å². The van der Waals surface area contributed by atoms with Crippen LogP contribution in [0.3, 0.4) is 0 Å². The summed E-state index contributed by atoms with van der Waals surface area (Å²) in [5.74, 6) is 0. The van der Waals surface area contributed by atoms with Crippen molar-refractivity contribution in [1.82, 2.24) is 0 Å². The average Bonchev–Trinajstić information content (AvgIpc) is 1.89. The summed E-state index contributed by atoms with van der Waals surface area (Å²) >= 11 is 4.81. The summed E-state index contributed by atoms with van der Waals surface area (Å²) in [5.41, 5.74) is 1.43. The number of hydrogen-bond acceptors (Lipinski definition) is 0. The number of hydrogen-bond donors (Lipinski definition) is 0. The van der Waals surface area contributed by atoms with Gasteiger partial charge in [-0.25, -0.2) is 0 Å². The maximum absolute atomic E-state index is 3.48. The molecule has 0 amide bonds. The van der Waals surface area contributed by atoms with Gasteiger partial charge in [0.15, 0.2) is 0 Å². The second kappa shape index (κ2) is 5.29. The molecule has 0 saturated carbocycles. The zero-order valence-electron chi connectivity index (χ0n) is 5.51. The SMILES string of the molecule is Cl.[Zn][CH2]c1ccccc1Br. The summed E-state index contributed by atoms with van der Waals surface area (Å²) in [4.78, 5) is 0. The Morgan fingerprint density at radius 2 is 1.90 bits per heavy atom. The van der Waals surface area contributed by atoms with Crippen molar-refractivity contribution in [3.05, 3.63) is 34.3 Å². The molecule has 0 nitrogen and oxygen atoms in total. The van der Waals surface area contributed by atoms with Crippen molar-refractivity contribution in [3.8, 4) is 0 Å². The van der Waals surface area contributed by atoms with Crippen LogP contribution in [0, 0.1) is 0 Å². The van der Waals surface area contributed by atoms with Gasteiger partial charge in [-0.1, -0.05) is 0 Å². The van der Waals surface area contributed by atoms with Gasteiger partial charge in [0, 0.05) is 0 Å². The molecule has 1 rings (SSSR count). The summed E-state index contributed by atoms with van der Waals surface area (Å²) in [6, 6.07) is 8.37. The van der Waals surface area contributed by atoms with E-state index in [2.05, 4.69) is 34.1 Å². The summed E-state index contributed by atoms with van der Waals surface area (Å²) in [6.45, 7) is 0. The molecule has 51 valence electrons. The van der Waals surface area contributed by atoms with Crippen LogP contribution < -0.4 is 0 Å². The number of rotatable bonds is 1. The summed E-state index contributed by atoms with van der Waals surface area (Å²) in [5, 5.41) is 1.22. The van der Waals surface area contributed by atoms with E-state index in [1.807, 2.05) is 6.07 Å². The fourth-order valence-corrected chi connectivity index (χ4v) is 2.87. The van der Waals surface area contributed by atoms with E-state index in [-0.39, 0.29) is 12.4 Å². The number of benzene rings is 1. The number of halogens is 2. The molecular weight excluding hydrogens is 265 g/mol. The molecule has 1 aromatic carbocycles. The van der Waals surface area contributed by atoms with Crippen LogP contribution in [0.4, 0.5) is 0 Å². The van der Waals surface area contributed by atoms with Gasteiger partial charge >= 0.3 is 73.5 Å². The molecular formula is C7H7BrClZn. The van der Waals surface area contributed by atoms with Crippen LogP contribution in [0.25, 0.3) is 0 Å². The molecule has 0 spiro atoms. The van der Waals surface area contributed by atoms with E-state index < -0.39 is 0 Å². The molecule has 0 atom stereocenters. The molecule has 0 fully saturated rings. The van der Waals surface area contributed by atoms with Crippen molar-refractivity contribution in [2.45, 2.75) is 5.02 Å². The molecule has 3 heteroatoms. The monoisotopic (exact) mass is 269 g/mol. The molecule has 0 aliphatic heterocycles. The Morgan fingerprint density at radius 1 is 1.30 bits per heavy atom. The van der Waals surface area contributed by atoms with Gasteiger partial charge in [-0.3, -0.25) is 0 Å². The Hall–Kier alpha value is 0.613. The van der Waals surface area contributed by atoms with E-state index in [4.69, 9.17) is 0 Å². The standard InChI is InChI=1S/C7H6Br.ClH.Zn/c1-6-4-2-3-5-7(6)8;;/h2-5H,1H2;1H;.